The lowest BCUT2D eigenvalue weighted by Gasteiger charge is -2.18. The van der Waals surface area contributed by atoms with Crippen LogP contribution in [0.1, 0.15) is 18.9 Å². The number of halogens is 1. The maximum atomic E-state index is 13.7. The molecule has 0 aliphatic carbocycles. The molecule has 1 aliphatic heterocycles. The molecule has 1 N–H and O–H groups in total. The van der Waals surface area contributed by atoms with E-state index in [2.05, 4.69) is 15.3 Å². The van der Waals surface area contributed by atoms with Gasteiger partial charge in [0, 0.05) is 39.0 Å². The molecule has 0 saturated carbocycles. The molecule has 23 heavy (non-hydrogen) atoms. The van der Waals surface area contributed by atoms with Crippen molar-refractivity contribution >= 4 is 5.91 Å². The van der Waals surface area contributed by atoms with E-state index in [1.807, 2.05) is 12.3 Å². The maximum absolute atomic E-state index is 13.7. The van der Waals surface area contributed by atoms with E-state index in [4.69, 9.17) is 0 Å². The fraction of sp³-hybridized carbons (Fsp3) is 0.412. The highest BCUT2D eigenvalue weighted by atomic mass is 19.1. The summed E-state index contributed by atoms with van der Waals surface area (Å²) >= 11 is 0. The van der Waals surface area contributed by atoms with Crippen molar-refractivity contribution in [2.45, 2.75) is 19.9 Å². The molecule has 1 saturated heterocycles. The molecule has 0 spiro atoms. The van der Waals surface area contributed by atoms with Crippen LogP contribution in [0.3, 0.4) is 0 Å². The predicted octanol–water partition coefficient (Wildman–Crippen LogP) is 1.97. The number of nitrogens with one attached hydrogen (secondary N) is 1. The van der Waals surface area contributed by atoms with Gasteiger partial charge >= 0.3 is 0 Å². The Bertz CT molecular complexity index is 671. The largest absolute Gasteiger partial charge is 0.356 e. The van der Waals surface area contributed by atoms with Gasteiger partial charge in [-0.15, -0.1) is 0 Å². The lowest BCUT2D eigenvalue weighted by atomic mass is 10.1. The number of aromatic nitrogens is 2. The van der Waals surface area contributed by atoms with Crippen LogP contribution >= 0.6 is 0 Å². The van der Waals surface area contributed by atoms with Crippen LogP contribution in [-0.4, -0.2) is 40.2 Å². The van der Waals surface area contributed by atoms with Gasteiger partial charge in [-0.05, 0) is 48.7 Å². The van der Waals surface area contributed by atoms with Gasteiger partial charge in [-0.2, -0.15) is 5.10 Å². The Morgan fingerprint density at radius 1 is 1.48 bits per heavy atom. The Labute approximate surface area is 135 Å². The first-order valence-electron chi connectivity index (χ1n) is 7.87. The van der Waals surface area contributed by atoms with E-state index < -0.39 is 0 Å². The van der Waals surface area contributed by atoms with Gasteiger partial charge in [0.15, 0.2) is 0 Å². The number of hydrogen-bond donors (Lipinski definition) is 1. The van der Waals surface area contributed by atoms with E-state index in [1.54, 1.807) is 23.0 Å². The molecule has 2 heterocycles. The van der Waals surface area contributed by atoms with E-state index >= 15 is 0 Å². The van der Waals surface area contributed by atoms with Crippen LogP contribution < -0.4 is 5.32 Å². The van der Waals surface area contributed by atoms with Crippen molar-refractivity contribution in [3.8, 4) is 5.69 Å². The minimum absolute atomic E-state index is 0.00884. The number of rotatable bonds is 5. The van der Waals surface area contributed by atoms with Gasteiger partial charge in [-0.1, -0.05) is 0 Å². The van der Waals surface area contributed by atoms with Crippen molar-refractivity contribution in [2.75, 3.05) is 19.6 Å². The highest BCUT2D eigenvalue weighted by Crippen LogP contribution is 2.22. The fourth-order valence-electron chi connectivity index (χ4n) is 3.07. The van der Waals surface area contributed by atoms with Crippen molar-refractivity contribution in [3.05, 3.63) is 48.0 Å². The Morgan fingerprint density at radius 2 is 2.35 bits per heavy atom. The average molecular weight is 316 g/mol. The molecule has 1 unspecified atom stereocenters. The number of carbonyl (C=O) groups excluding carboxylic acids is 1. The minimum Gasteiger partial charge on any atom is -0.356 e. The summed E-state index contributed by atoms with van der Waals surface area (Å²) in [5.41, 5.74) is 1.83. The van der Waals surface area contributed by atoms with Crippen molar-refractivity contribution in [2.24, 2.45) is 5.92 Å². The van der Waals surface area contributed by atoms with E-state index in [0.717, 1.165) is 30.8 Å². The van der Waals surface area contributed by atoms with Crippen LogP contribution in [0.2, 0.25) is 0 Å². The number of hydrogen-bond acceptors (Lipinski definition) is 3. The third kappa shape index (κ3) is 3.96. The van der Waals surface area contributed by atoms with Crippen molar-refractivity contribution in [1.82, 2.24) is 20.0 Å². The van der Waals surface area contributed by atoms with E-state index in [9.17, 15) is 9.18 Å². The summed E-state index contributed by atoms with van der Waals surface area (Å²) in [5, 5.41) is 7.12. The second kappa shape index (κ2) is 6.91. The molecule has 1 amide bonds. The van der Waals surface area contributed by atoms with Crippen LogP contribution in [0.15, 0.2) is 36.7 Å². The summed E-state index contributed by atoms with van der Waals surface area (Å²) in [4.78, 5) is 13.3. The Morgan fingerprint density at radius 3 is 3.09 bits per heavy atom. The molecule has 1 aromatic carbocycles. The molecule has 1 aliphatic rings. The van der Waals surface area contributed by atoms with Gasteiger partial charge in [0.05, 0.1) is 5.69 Å². The standard InChI is InChI=1S/C17H21FN4O/c1-13(23)19-10-14-5-8-21(11-14)12-15-9-16(18)3-4-17(15)22-7-2-6-20-22/h2-4,6-7,9,14H,5,8,10-12H2,1H3,(H,19,23). The molecule has 2 aromatic rings. The van der Waals surface area contributed by atoms with Crippen LogP contribution in [-0.2, 0) is 11.3 Å². The van der Waals surface area contributed by atoms with Crippen molar-refractivity contribution in [1.29, 1.82) is 0 Å². The van der Waals surface area contributed by atoms with Crippen molar-refractivity contribution in [3.63, 3.8) is 0 Å². The maximum Gasteiger partial charge on any atom is 0.216 e. The molecule has 6 heteroatoms. The zero-order valence-electron chi connectivity index (χ0n) is 13.2. The third-order valence-electron chi connectivity index (χ3n) is 4.20. The Balaban J connectivity index is 1.69. The molecule has 1 fully saturated rings. The lowest BCUT2D eigenvalue weighted by molar-refractivity contribution is -0.119. The predicted molar refractivity (Wildman–Crippen MR) is 85.6 cm³/mol. The fourth-order valence-corrected chi connectivity index (χ4v) is 3.07. The van der Waals surface area contributed by atoms with Gasteiger partial charge in [-0.3, -0.25) is 9.69 Å². The van der Waals surface area contributed by atoms with Crippen molar-refractivity contribution < 1.29 is 9.18 Å². The Kier molecular flexibility index (Phi) is 4.71. The molecule has 122 valence electrons. The normalized spacial score (nSPS) is 18.3. The SMILES string of the molecule is CC(=O)NCC1CCN(Cc2cc(F)ccc2-n2cccn2)C1. The molecule has 0 bridgehead atoms. The lowest BCUT2D eigenvalue weighted by Crippen LogP contribution is -2.29. The van der Waals surface area contributed by atoms with Crippen LogP contribution in [0.4, 0.5) is 4.39 Å². The second-order valence-corrected chi connectivity index (χ2v) is 6.05. The van der Waals surface area contributed by atoms with E-state index in [1.165, 1.54) is 13.0 Å². The quantitative estimate of drug-likeness (QED) is 0.917. The second-order valence-electron chi connectivity index (χ2n) is 6.05. The molecular weight excluding hydrogens is 295 g/mol. The molecule has 1 atom stereocenters. The number of amides is 1. The molecule has 1 aromatic heterocycles. The highest BCUT2D eigenvalue weighted by Gasteiger charge is 2.23. The molecule has 3 rings (SSSR count). The molecular formula is C17H21FN4O. The summed E-state index contributed by atoms with van der Waals surface area (Å²) in [6.07, 6.45) is 4.62. The Hall–Kier alpha value is -2.21. The molecule has 0 radical (unpaired) electrons. The van der Waals surface area contributed by atoms with Gasteiger partial charge in [0.25, 0.3) is 0 Å². The summed E-state index contributed by atoms with van der Waals surface area (Å²) in [5.74, 6) is 0.236. The van der Waals surface area contributed by atoms with E-state index in [0.29, 0.717) is 19.0 Å². The number of benzene rings is 1. The third-order valence-corrected chi connectivity index (χ3v) is 4.20. The monoisotopic (exact) mass is 316 g/mol. The number of nitrogens with zero attached hydrogens (tertiary/aromatic N) is 3. The van der Waals surface area contributed by atoms with Gasteiger partial charge < -0.3 is 5.32 Å². The topological polar surface area (TPSA) is 50.2 Å². The minimum atomic E-state index is -0.232. The zero-order valence-corrected chi connectivity index (χ0v) is 13.2. The first kappa shape index (κ1) is 15.7. The average Bonchev–Trinajstić information content (AvgIpc) is 3.17. The van der Waals surface area contributed by atoms with Crippen LogP contribution in [0.25, 0.3) is 5.69 Å². The summed E-state index contributed by atoms with van der Waals surface area (Å²) in [6, 6.07) is 6.66. The smallest absolute Gasteiger partial charge is 0.216 e. The van der Waals surface area contributed by atoms with Gasteiger partial charge in [0.2, 0.25) is 5.91 Å². The summed E-state index contributed by atoms with van der Waals surface area (Å²) < 4.78 is 15.4. The summed E-state index contributed by atoms with van der Waals surface area (Å²) in [7, 11) is 0. The first-order valence-corrected chi connectivity index (χ1v) is 7.87. The van der Waals surface area contributed by atoms with Crippen LogP contribution in [0, 0.1) is 11.7 Å². The van der Waals surface area contributed by atoms with Gasteiger partial charge in [-0.25, -0.2) is 9.07 Å². The van der Waals surface area contributed by atoms with E-state index in [-0.39, 0.29) is 11.7 Å². The number of likely N-dealkylation sites (tertiary alicyclic amines) is 1. The first-order chi connectivity index (χ1) is 11.1. The number of carbonyl (C=O) groups is 1. The molecule has 5 nitrogen and oxygen atoms in total. The van der Waals surface area contributed by atoms with Crippen LogP contribution in [0.5, 0.6) is 0 Å². The van der Waals surface area contributed by atoms with Gasteiger partial charge in [0.1, 0.15) is 5.82 Å². The summed E-state index contributed by atoms with van der Waals surface area (Å²) in [6.45, 7) is 4.80. The zero-order chi connectivity index (χ0) is 16.2. The highest BCUT2D eigenvalue weighted by molar-refractivity contribution is 5.72.